The van der Waals surface area contributed by atoms with Crippen LogP contribution in [0.1, 0.15) is 58.6 Å². The summed E-state index contributed by atoms with van der Waals surface area (Å²) in [6.45, 7) is 6.91. The lowest BCUT2D eigenvalue weighted by atomic mass is 10.0. The van der Waals surface area contributed by atoms with Crippen molar-refractivity contribution in [1.82, 2.24) is 15.5 Å². The van der Waals surface area contributed by atoms with E-state index in [1.54, 1.807) is 39.0 Å². The van der Waals surface area contributed by atoms with Crippen molar-refractivity contribution in [2.75, 3.05) is 25.4 Å². The molecule has 3 amide bonds. The third-order valence-corrected chi connectivity index (χ3v) is 5.03. The quantitative estimate of drug-likeness (QED) is 0.229. The maximum atomic E-state index is 13.4. The van der Waals surface area contributed by atoms with Gasteiger partial charge in [-0.15, -0.1) is 0 Å². The summed E-state index contributed by atoms with van der Waals surface area (Å²) >= 11 is 4.18. The van der Waals surface area contributed by atoms with Crippen LogP contribution in [0.4, 0.5) is 4.79 Å². The molecule has 1 aromatic rings. The molecule has 10 heteroatoms. The van der Waals surface area contributed by atoms with Gasteiger partial charge in [-0.3, -0.25) is 9.59 Å². The first-order valence-electron chi connectivity index (χ1n) is 11.1. The number of carbonyl (C=O) groups excluding carboxylic acids is 3. The monoisotopic (exact) mass is 483 g/mol. The van der Waals surface area contributed by atoms with Crippen LogP contribution in [-0.4, -0.2) is 70.1 Å². The lowest BCUT2D eigenvalue weighted by Crippen LogP contribution is -2.54. The lowest BCUT2D eigenvalue weighted by molar-refractivity contribution is -0.142. The minimum atomic E-state index is -1.21. The Morgan fingerprint density at radius 2 is 1.85 bits per heavy atom. The lowest BCUT2D eigenvalue weighted by Gasteiger charge is -2.34. The summed E-state index contributed by atoms with van der Waals surface area (Å²) < 4.78 is 5.22. The summed E-state index contributed by atoms with van der Waals surface area (Å²) in [7, 11) is 0. The number of thiol groups is 1. The van der Waals surface area contributed by atoms with Crippen molar-refractivity contribution >= 4 is 30.5 Å². The number of para-hydroxylation sites is 1. The van der Waals surface area contributed by atoms with Crippen molar-refractivity contribution in [3.05, 3.63) is 29.8 Å². The number of hydrogen-bond acceptors (Lipinski definition) is 7. The molecule has 0 saturated carbocycles. The highest BCUT2D eigenvalue weighted by Crippen LogP contribution is 2.29. The van der Waals surface area contributed by atoms with Crippen LogP contribution in [0.2, 0.25) is 0 Å². The highest BCUT2D eigenvalue weighted by molar-refractivity contribution is 7.80. The van der Waals surface area contributed by atoms with Crippen molar-refractivity contribution in [3.8, 4) is 5.75 Å². The second-order valence-corrected chi connectivity index (χ2v) is 8.96. The first-order valence-corrected chi connectivity index (χ1v) is 11.8. The highest BCUT2D eigenvalue weighted by atomic mass is 32.1. The molecule has 1 rings (SSSR count). The number of phenolic OH excluding ortho intramolecular Hbond substituents is 1. The summed E-state index contributed by atoms with van der Waals surface area (Å²) in [4.78, 5) is 40.0. The maximum absolute atomic E-state index is 13.4. The molecule has 1 aromatic carbocycles. The van der Waals surface area contributed by atoms with Crippen molar-refractivity contribution < 1.29 is 29.3 Å². The average molecular weight is 484 g/mol. The number of ether oxygens (including phenoxy) is 1. The number of phenols is 1. The average Bonchev–Trinajstić information content (AvgIpc) is 2.74. The van der Waals surface area contributed by atoms with E-state index < -0.39 is 42.2 Å². The number of alkyl carbamates (subject to hydrolysis) is 1. The van der Waals surface area contributed by atoms with E-state index in [1.807, 2.05) is 6.92 Å². The van der Waals surface area contributed by atoms with Gasteiger partial charge in [0.2, 0.25) is 11.8 Å². The number of aromatic hydroxyl groups is 1. The van der Waals surface area contributed by atoms with E-state index in [4.69, 9.17) is 4.74 Å². The molecule has 186 valence electrons. The summed E-state index contributed by atoms with van der Waals surface area (Å²) in [5, 5.41) is 25.4. The highest BCUT2D eigenvalue weighted by Gasteiger charge is 2.36. The van der Waals surface area contributed by atoms with Crippen LogP contribution in [0.3, 0.4) is 0 Å². The van der Waals surface area contributed by atoms with E-state index in [1.165, 1.54) is 6.07 Å². The Hall–Kier alpha value is -2.46. The van der Waals surface area contributed by atoms with Gasteiger partial charge in [-0.2, -0.15) is 12.6 Å². The Balaban J connectivity index is 3.25. The van der Waals surface area contributed by atoms with E-state index in [0.29, 0.717) is 6.54 Å². The minimum Gasteiger partial charge on any atom is -0.508 e. The van der Waals surface area contributed by atoms with Gasteiger partial charge in [-0.05, 0) is 33.3 Å². The molecule has 0 radical (unpaired) electrons. The van der Waals surface area contributed by atoms with Crippen molar-refractivity contribution in [1.29, 1.82) is 0 Å². The van der Waals surface area contributed by atoms with Gasteiger partial charge in [0.15, 0.2) is 0 Å². The Kier molecular flexibility index (Phi) is 12.1. The Labute approximate surface area is 201 Å². The first kappa shape index (κ1) is 28.6. The summed E-state index contributed by atoms with van der Waals surface area (Å²) in [6, 6.07) is 3.88. The molecule has 0 aromatic heterocycles. The number of unbranched alkanes of at least 4 members (excludes halogenated alkanes) is 2. The number of amides is 3. The van der Waals surface area contributed by atoms with E-state index in [9.17, 15) is 24.6 Å². The number of aliphatic hydroxyl groups is 1. The van der Waals surface area contributed by atoms with Gasteiger partial charge < -0.3 is 30.5 Å². The molecule has 33 heavy (non-hydrogen) atoms. The van der Waals surface area contributed by atoms with Crippen LogP contribution in [0.25, 0.3) is 0 Å². The van der Waals surface area contributed by atoms with E-state index in [0.717, 1.165) is 24.2 Å². The molecule has 9 nitrogen and oxygen atoms in total. The number of carbonyl (C=O) groups is 3. The zero-order valence-electron chi connectivity index (χ0n) is 19.8. The van der Waals surface area contributed by atoms with Crippen LogP contribution in [0, 0.1) is 0 Å². The molecule has 4 N–H and O–H groups in total. The van der Waals surface area contributed by atoms with Crippen LogP contribution >= 0.6 is 12.6 Å². The zero-order valence-corrected chi connectivity index (χ0v) is 20.7. The van der Waals surface area contributed by atoms with Gasteiger partial charge in [0.25, 0.3) is 0 Å². The van der Waals surface area contributed by atoms with Crippen molar-refractivity contribution in [2.45, 2.75) is 64.6 Å². The van der Waals surface area contributed by atoms with E-state index in [2.05, 4.69) is 23.3 Å². The van der Waals surface area contributed by atoms with Crippen LogP contribution in [0.5, 0.6) is 5.75 Å². The number of aliphatic hydroxyl groups excluding tert-OH is 1. The topological polar surface area (TPSA) is 128 Å². The molecule has 2 unspecified atom stereocenters. The fourth-order valence-corrected chi connectivity index (χ4v) is 3.41. The summed E-state index contributed by atoms with van der Waals surface area (Å²) in [5.74, 6) is -1.36. The summed E-state index contributed by atoms with van der Waals surface area (Å²) in [5.41, 5.74) is -0.557. The predicted molar refractivity (Wildman–Crippen MR) is 129 cm³/mol. The number of benzene rings is 1. The van der Waals surface area contributed by atoms with Crippen molar-refractivity contribution in [2.24, 2.45) is 0 Å². The van der Waals surface area contributed by atoms with Gasteiger partial charge in [0.05, 0.1) is 6.61 Å². The molecular weight excluding hydrogens is 446 g/mol. The van der Waals surface area contributed by atoms with Crippen LogP contribution in [0.15, 0.2) is 24.3 Å². The molecule has 0 aliphatic rings. The molecular formula is C23H37N3O6S. The van der Waals surface area contributed by atoms with E-state index >= 15 is 0 Å². The minimum absolute atomic E-state index is 0.0639. The first-order chi connectivity index (χ1) is 15.6. The predicted octanol–water partition coefficient (Wildman–Crippen LogP) is 2.38. The zero-order chi connectivity index (χ0) is 25.0. The number of hydrogen-bond donors (Lipinski definition) is 5. The Morgan fingerprint density at radius 3 is 2.39 bits per heavy atom. The Bertz CT molecular complexity index is 784. The molecule has 0 heterocycles. The third-order valence-electron chi connectivity index (χ3n) is 4.67. The molecule has 0 spiro atoms. The van der Waals surface area contributed by atoms with Crippen LogP contribution < -0.4 is 10.6 Å². The number of rotatable bonds is 12. The number of nitrogens with one attached hydrogen (secondary N) is 2. The second-order valence-electron chi connectivity index (χ2n) is 8.60. The normalized spacial score (nSPS) is 13.0. The molecule has 0 aliphatic carbocycles. The van der Waals surface area contributed by atoms with Gasteiger partial charge in [0.1, 0.15) is 23.4 Å². The fraction of sp³-hybridized carbons (Fsp3) is 0.609. The standard InChI is InChI=1S/C23H37N3O6S/c1-5-6-9-12-24-20(29)19(16-10-7-8-11-18(16)28)26(13-14-27)21(30)17(15-33)25-22(31)32-23(2,3)4/h7-8,10-11,17,19,27-28,33H,5-6,9,12-15H2,1-4H3,(H,24,29)(H,25,31). The molecule has 0 saturated heterocycles. The second kappa shape index (κ2) is 13.9. The molecule has 2 atom stereocenters. The Morgan fingerprint density at radius 1 is 1.18 bits per heavy atom. The van der Waals surface area contributed by atoms with Crippen molar-refractivity contribution in [3.63, 3.8) is 0 Å². The third kappa shape index (κ3) is 9.51. The maximum Gasteiger partial charge on any atom is 0.408 e. The largest absolute Gasteiger partial charge is 0.508 e. The SMILES string of the molecule is CCCCCNC(=O)C(c1ccccc1O)N(CCO)C(=O)C(CS)NC(=O)OC(C)(C)C. The smallest absolute Gasteiger partial charge is 0.408 e. The van der Waals surface area contributed by atoms with E-state index in [-0.39, 0.29) is 23.6 Å². The molecule has 0 fully saturated rings. The molecule has 0 aliphatic heterocycles. The fourth-order valence-electron chi connectivity index (χ4n) is 3.16. The van der Waals surface area contributed by atoms with Gasteiger partial charge in [-0.1, -0.05) is 38.0 Å². The van der Waals surface area contributed by atoms with Crippen LogP contribution in [-0.2, 0) is 14.3 Å². The van der Waals surface area contributed by atoms with Gasteiger partial charge in [-0.25, -0.2) is 4.79 Å². The van der Waals surface area contributed by atoms with Gasteiger partial charge in [0, 0.05) is 24.4 Å². The summed E-state index contributed by atoms with van der Waals surface area (Å²) in [6.07, 6.45) is 1.88. The molecule has 0 bridgehead atoms. The van der Waals surface area contributed by atoms with Gasteiger partial charge >= 0.3 is 6.09 Å². The number of nitrogens with zero attached hydrogens (tertiary/aromatic N) is 1.